The van der Waals surface area contributed by atoms with E-state index in [1.54, 1.807) is 19.1 Å². The van der Waals surface area contributed by atoms with Gasteiger partial charge >= 0.3 is 0 Å². The molecule has 0 aliphatic carbocycles. The quantitative estimate of drug-likeness (QED) is 0.828. The molecule has 0 heterocycles. The van der Waals surface area contributed by atoms with E-state index in [0.29, 0.717) is 18.5 Å². The number of sulfonamides is 1. The molecule has 0 bridgehead atoms. The monoisotopic (exact) mass is 349 g/mol. The van der Waals surface area contributed by atoms with Gasteiger partial charge in [0.2, 0.25) is 10.0 Å². The van der Waals surface area contributed by atoms with Crippen molar-refractivity contribution in [3.8, 4) is 0 Å². The fourth-order valence-corrected chi connectivity index (χ4v) is 3.65. The highest BCUT2D eigenvalue weighted by atomic mass is 79.9. The molecular formula is C13H20BrNO3S. The molecule has 1 aromatic carbocycles. The minimum atomic E-state index is -3.53. The zero-order valence-corrected chi connectivity index (χ0v) is 13.8. The summed E-state index contributed by atoms with van der Waals surface area (Å²) in [6, 6.07) is 5.16. The second kappa shape index (κ2) is 6.35. The maximum Gasteiger partial charge on any atom is 0.240 e. The average Bonchev–Trinajstić information content (AvgIpc) is 2.30. The van der Waals surface area contributed by atoms with Crippen LogP contribution in [-0.4, -0.2) is 26.7 Å². The van der Waals surface area contributed by atoms with Crippen LogP contribution in [0.2, 0.25) is 0 Å². The first-order valence-electron chi connectivity index (χ1n) is 6.05. The molecule has 19 heavy (non-hydrogen) atoms. The Morgan fingerprint density at radius 3 is 2.58 bits per heavy atom. The average molecular weight is 350 g/mol. The molecule has 0 aliphatic rings. The molecule has 0 radical (unpaired) electrons. The second-order valence-electron chi connectivity index (χ2n) is 5.37. The molecular weight excluding hydrogens is 330 g/mol. The van der Waals surface area contributed by atoms with Crippen molar-refractivity contribution in [2.45, 2.75) is 32.1 Å². The van der Waals surface area contributed by atoms with Crippen LogP contribution in [0.5, 0.6) is 0 Å². The van der Waals surface area contributed by atoms with Crippen LogP contribution < -0.4 is 4.72 Å². The molecule has 0 saturated heterocycles. The van der Waals surface area contributed by atoms with E-state index < -0.39 is 10.0 Å². The molecule has 0 fully saturated rings. The van der Waals surface area contributed by atoms with E-state index in [2.05, 4.69) is 20.7 Å². The minimum Gasteiger partial charge on any atom is -0.396 e. The van der Waals surface area contributed by atoms with Gasteiger partial charge in [0.15, 0.2) is 0 Å². The van der Waals surface area contributed by atoms with Gasteiger partial charge in [0, 0.05) is 17.6 Å². The summed E-state index contributed by atoms with van der Waals surface area (Å²) in [6.45, 7) is 5.94. The molecule has 108 valence electrons. The first-order chi connectivity index (χ1) is 8.68. The summed E-state index contributed by atoms with van der Waals surface area (Å²) in [5.41, 5.74) is 0.428. The number of aliphatic hydroxyl groups excluding tert-OH is 1. The Morgan fingerprint density at radius 1 is 1.37 bits per heavy atom. The maximum absolute atomic E-state index is 12.3. The van der Waals surface area contributed by atoms with Crippen LogP contribution in [0, 0.1) is 12.3 Å². The number of nitrogens with one attached hydrogen (secondary N) is 1. The van der Waals surface area contributed by atoms with Crippen molar-refractivity contribution in [1.82, 2.24) is 4.72 Å². The van der Waals surface area contributed by atoms with Gasteiger partial charge in [-0.05, 0) is 36.5 Å². The van der Waals surface area contributed by atoms with E-state index in [-0.39, 0.29) is 16.9 Å². The predicted octanol–water partition coefficient (Wildman–Crippen LogP) is 2.44. The number of halogens is 1. The molecule has 6 heteroatoms. The van der Waals surface area contributed by atoms with Crippen molar-refractivity contribution < 1.29 is 13.5 Å². The Kier molecular flexibility index (Phi) is 5.55. The fourth-order valence-electron chi connectivity index (χ4n) is 1.62. The number of hydrogen-bond donors (Lipinski definition) is 2. The summed E-state index contributed by atoms with van der Waals surface area (Å²) in [6.07, 6.45) is 0.549. The number of hydrogen-bond acceptors (Lipinski definition) is 3. The van der Waals surface area contributed by atoms with E-state index in [1.807, 2.05) is 19.9 Å². The molecule has 0 aliphatic heterocycles. The van der Waals surface area contributed by atoms with Crippen LogP contribution >= 0.6 is 15.9 Å². The van der Waals surface area contributed by atoms with Gasteiger partial charge < -0.3 is 5.11 Å². The van der Waals surface area contributed by atoms with Gasteiger partial charge in [0.1, 0.15) is 0 Å². The van der Waals surface area contributed by atoms with Crippen LogP contribution in [-0.2, 0) is 10.0 Å². The van der Waals surface area contributed by atoms with Crippen molar-refractivity contribution in [1.29, 1.82) is 0 Å². The second-order valence-corrected chi connectivity index (χ2v) is 8.02. The lowest BCUT2D eigenvalue weighted by Gasteiger charge is -2.24. The molecule has 0 aromatic heterocycles. The van der Waals surface area contributed by atoms with Crippen molar-refractivity contribution in [2.75, 3.05) is 13.2 Å². The third-order valence-electron chi connectivity index (χ3n) is 2.97. The van der Waals surface area contributed by atoms with E-state index >= 15 is 0 Å². The standard InChI is InChI=1S/C13H20BrNO3S/c1-10-4-5-11(14)8-12(10)19(17,18)15-9-13(2,3)6-7-16/h4-5,8,15-16H,6-7,9H2,1-3H3. The van der Waals surface area contributed by atoms with E-state index in [0.717, 1.165) is 4.47 Å². The lowest BCUT2D eigenvalue weighted by molar-refractivity contribution is 0.213. The van der Waals surface area contributed by atoms with Crippen molar-refractivity contribution >= 4 is 26.0 Å². The minimum absolute atomic E-state index is 0.0463. The summed E-state index contributed by atoms with van der Waals surface area (Å²) in [7, 11) is -3.53. The van der Waals surface area contributed by atoms with E-state index in [1.165, 1.54) is 0 Å². The molecule has 0 spiro atoms. The summed E-state index contributed by atoms with van der Waals surface area (Å²) >= 11 is 3.28. The van der Waals surface area contributed by atoms with Crippen LogP contribution in [0.3, 0.4) is 0 Å². The Morgan fingerprint density at radius 2 is 2.00 bits per heavy atom. The first-order valence-corrected chi connectivity index (χ1v) is 8.32. The Bertz CT molecular complexity index is 541. The highest BCUT2D eigenvalue weighted by Gasteiger charge is 2.23. The maximum atomic E-state index is 12.3. The summed E-state index contributed by atoms with van der Waals surface area (Å²) < 4.78 is 27.9. The largest absolute Gasteiger partial charge is 0.396 e. The lowest BCUT2D eigenvalue weighted by Crippen LogP contribution is -2.34. The Hall–Kier alpha value is -0.430. The van der Waals surface area contributed by atoms with Crippen LogP contribution in [0.25, 0.3) is 0 Å². The Labute approximate surface area is 123 Å². The van der Waals surface area contributed by atoms with E-state index in [4.69, 9.17) is 5.11 Å². The molecule has 2 N–H and O–H groups in total. The molecule has 1 aromatic rings. The molecule has 1 rings (SSSR count). The van der Waals surface area contributed by atoms with Crippen molar-refractivity contribution in [2.24, 2.45) is 5.41 Å². The SMILES string of the molecule is Cc1ccc(Br)cc1S(=O)(=O)NCC(C)(C)CCO. The van der Waals surface area contributed by atoms with Crippen LogP contribution in [0.4, 0.5) is 0 Å². The van der Waals surface area contributed by atoms with Gasteiger partial charge in [-0.2, -0.15) is 0 Å². The van der Waals surface area contributed by atoms with Gasteiger partial charge in [-0.25, -0.2) is 13.1 Å². The summed E-state index contributed by atoms with van der Waals surface area (Å²) in [5, 5.41) is 8.95. The number of aliphatic hydroxyl groups is 1. The topological polar surface area (TPSA) is 66.4 Å². The fraction of sp³-hybridized carbons (Fsp3) is 0.538. The van der Waals surface area contributed by atoms with Gasteiger partial charge in [-0.1, -0.05) is 35.8 Å². The number of rotatable bonds is 6. The van der Waals surface area contributed by atoms with Gasteiger partial charge in [-0.15, -0.1) is 0 Å². The van der Waals surface area contributed by atoms with Crippen molar-refractivity contribution in [3.63, 3.8) is 0 Å². The van der Waals surface area contributed by atoms with Gasteiger partial charge in [0.05, 0.1) is 4.90 Å². The predicted molar refractivity (Wildman–Crippen MR) is 79.6 cm³/mol. The molecule has 0 atom stereocenters. The normalized spacial score (nSPS) is 12.7. The van der Waals surface area contributed by atoms with Crippen molar-refractivity contribution in [3.05, 3.63) is 28.2 Å². The van der Waals surface area contributed by atoms with Crippen LogP contribution in [0.15, 0.2) is 27.6 Å². The van der Waals surface area contributed by atoms with Crippen LogP contribution in [0.1, 0.15) is 25.8 Å². The Balaban J connectivity index is 2.90. The number of benzene rings is 1. The summed E-state index contributed by atoms with van der Waals surface area (Å²) in [4.78, 5) is 0.279. The third-order valence-corrected chi connectivity index (χ3v) is 5.01. The zero-order valence-electron chi connectivity index (χ0n) is 11.4. The smallest absolute Gasteiger partial charge is 0.240 e. The van der Waals surface area contributed by atoms with Gasteiger partial charge in [0.25, 0.3) is 0 Å². The first kappa shape index (κ1) is 16.6. The molecule has 4 nitrogen and oxygen atoms in total. The molecule has 0 saturated carbocycles. The summed E-state index contributed by atoms with van der Waals surface area (Å²) in [5.74, 6) is 0. The van der Waals surface area contributed by atoms with E-state index in [9.17, 15) is 8.42 Å². The van der Waals surface area contributed by atoms with Gasteiger partial charge in [-0.3, -0.25) is 0 Å². The lowest BCUT2D eigenvalue weighted by atomic mass is 9.90. The molecule has 0 amide bonds. The highest BCUT2D eigenvalue weighted by Crippen LogP contribution is 2.23. The zero-order chi connectivity index (χ0) is 14.7. The highest BCUT2D eigenvalue weighted by molar-refractivity contribution is 9.10. The molecule has 0 unspecified atom stereocenters. The number of aryl methyl sites for hydroxylation is 1. The third kappa shape index (κ3) is 4.87.